The normalized spacial score (nSPS) is 18.9. The minimum Gasteiger partial charge on any atom is -0.457 e. The Balaban J connectivity index is 2.12. The van der Waals surface area contributed by atoms with Crippen LogP contribution in [0.3, 0.4) is 0 Å². The van der Waals surface area contributed by atoms with E-state index in [1.165, 1.54) is 238 Å². The minimum atomic E-state index is -1.54. The third kappa shape index (κ3) is 43.6. The second-order valence-corrected chi connectivity index (χ2v) is 21.5. The number of hydrogen-bond acceptors (Lipinski definition) is 9. The maximum absolute atomic E-state index is 12.9. The third-order valence-electron chi connectivity index (χ3n) is 14.5. The van der Waals surface area contributed by atoms with E-state index in [0.29, 0.717) is 13.0 Å². The van der Waals surface area contributed by atoms with Crippen molar-refractivity contribution >= 4 is 5.97 Å². The summed E-state index contributed by atoms with van der Waals surface area (Å²) in [5.74, 6) is -0.308. The van der Waals surface area contributed by atoms with E-state index in [9.17, 15) is 25.2 Å². The second-order valence-electron chi connectivity index (χ2n) is 21.5. The smallest absolute Gasteiger partial charge is 0.306 e. The SMILES string of the molecule is CCCCCCC/C=C\C/C=C\CCCCCCCCCCCCCCOCC(COC1OC(CO)C(O)C(O)C1O)OC(=O)CCCCCCCCCCCCCCC/C=C\CCCCCCCCCC. The van der Waals surface area contributed by atoms with Gasteiger partial charge in [-0.05, 0) is 70.6 Å². The first-order valence-corrected chi connectivity index (χ1v) is 31.1. The number of allylic oxidation sites excluding steroid dienone is 6. The van der Waals surface area contributed by atoms with Crippen LogP contribution in [0, 0.1) is 0 Å². The fraction of sp³-hybridized carbons (Fsp3) is 0.889. The highest BCUT2D eigenvalue weighted by Gasteiger charge is 2.44. The molecule has 72 heavy (non-hydrogen) atoms. The molecule has 0 spiro atoms. The molecule has 9 heteroatoms. The summed E-state index contributed by atoms with van der Waals surface area (Å²) in [7, 11) is 0. The van der Waals surface area contributed by atoms with Crippen molar-refractivity contribution in [3.05, 3.63) is 36.5 Å². The number of unbranched alkanes of at least 4 members (excludes halogenated alkanes) is 38. The molecule has 1 saturated heterocycles. The third-order valence-corrected chi connectivity index (χ3v) is 14.5. The van der Waals surface area contributed by atoms with Crippen LogP contribution in [-0.4, -0.2) is 89.6 Å². The van der Waals surface area contributed by atoms with Crippen LogP contribution in [0.2, 0.25) is 0 Å². The molecule has 0 aliphatic carbocycles. The van der Waals surface area contributed by atoms with Crippen molar-refractivity contribution in [3.63, 3.8) is 0 Å². The zero-order valence-electron chi connectivity index (χ0n) is 47.2. The topological polar surface area (TPSA) is 135 Å². The lowest BCUT2D eigenvalue weighted by molar-refractivity contribution is -0.305. The number of hydrogen-bond donors (Lipinski definition) is 4. The van der Waals surface area contributed by atoms with Crippen LogP contribution < -0.4 is 0 Å². The maximum Gasteiger partial charge on any atom is 0.306 e. The zero-order valence-corrected chi connectivity index (χ0v) is 47.2. The van der Waals surface area contributed by atoms with Gasteiger partial charge in [-0.3, -0.25) is 4.79 Å². The standard InChI is InChI=1S/C63H118O9/c1-3-5-7-9-11-13-15-17-19-21-23-25-27-29-30-32-34-36-38-40-42-44-46-48-50-52-59(65)71-57(56-70-63-62(68)61(67)60(66)58(54-64)72-63)55-69-53-51-49-47-45-43-41-39-37-35-33-31-28-26-24-22-20-18-16-14-12-10-8-6-4-2/h16,18,21-24,57-58,60-64,66-68H,3-15,17,19-20,25-56H2,1-2H3/b18-16-,23-21-,24-22-. The number of carbonyl (C=O) groups excluding carboxylic acids is 1. The summed E-state index contributed by atoms with van der Waals surface area (Å²) in [6, 6.07) is 0. The van der Waals surface area contributed by atoms with Crippen LogP contribution in [0.15, 0.2) is 36.5 Å². The molecule has 1 rings (SSSR count). The lowest BCUT2D eigenvalue weighted by atomic mass is 9.99. The molecule has 0 saturated carbocycles. The molecule has 4 N–H and O–H groups in total. The molecule has 0 aromatic carbocycles. The summed E-state index contributed by atoms with van der Waals surface area (Å²) < 4.78 is 23.0. The molecular weight excluding hydrogens is 901 g/mol. The van der Waals surface area contributed by atoms with Gasteiger partial charge in [0, 0.05) is 13.0 Å². The van der Waals surface area contributed by atoms with E-state index in [0.717, 1.165) is 38.5 Å². The second kappa shape index (κ2) is 54.2. The molecule has 0 amide bonds. The fourth-order valence-electron chi connectivity index (χ4n) is 9.70. The highest BCUT2D eigenvalue weighted by molar-refractivity contribution is 5.69. The van der Waals surface area contributed by atoms with Crippen LogP contribution in [-0.2, 0) is 23.7 Å². The highest BCUT2D eigenvalue weighted by atomic mass is 16.7. The first-order chi connectivity index (χ1) is 35.4. The molecule has 0 radical (unpaired) electrons. The van der Waals surface area contributed by atoms with Crippen molar-refractivity contribution in [2.45, 2.75) is 333 Å². The van der Waals surface area contributed by atoms with Gasteiger partial charge in [0.05, 0.1) is 19.8 Å². The van der Waals surface area contributed by atoms with Crippen molar-refractivity contribution in [1.29, 1.82) is 0 Å². The van der Waals surface area contributed by atoms with Gasteiger partial charge in [-0.15, -0.1) is 0 Å². The van der Waals surface area contributed by atoms with Crippen LogP contribution in [0.5, 0.6) is 0 Å². The lowest BCUT2D eigenvalue weighted by Crippen LogP contribution is -2.59. The van der Waals surface area contributed by atoms with E-state index < -0.39 is 43.4 Å². The summed E-state index contributed by atoms with van der Waals surface area (Å²) >= 11 is 0. The van der Waals surface area contributed by atoms with Gasteiger partial charge in [0.15, 0.2) is 6.29 Å². The minimum absolute atomic E-state index is 0.111. The van der Waals surface area contributed by atoms with Gasteiger partial charge in [0.1, 0.15) is 30.5 Å². The van der Waals surface area contributed by atoms with Gasteiger partial charge >= 0.3 is 5.97 Å². The Kier molecular flexibility index (Phi) is 51.5. The molecule has 9 nitrogen and oxygen atoms in total. The van der Waals surface area contributed by atoms with Crippen molar-refractivity contribution in [2.75, 3.05) is 26.4 Å². The lowest BCUT2D eigenvalue weighted by Gasteiger charge is -2.39. The molecule has 1 heterocycles. The largest absolute Gasteiger partial charge is 0.457 e. The van der Waals surface area contributed by atoms with E-state index in [2.05, 4.69) is 50.3 Å². The molecule has 0 aromatic heterocycles. The van der Waals surface area contributed by atoms with Crippen molar-refractivity contribution in [2.24, 2.45) is 0 Å². The molecule has 1 fully saturated rings. The van der Waals surface area contributed by atoms with E-state index in [4.69, 9.17) is 18.9 Å². The Morgan fingerprint density at radius 1 is 0.444 bits per heavy atom. The van der Waals surface area contributed by atoms with Crippen LogP contribution >= 0.6 is 0 Å². The molecule has 0 bridgehead atoms. The summed E-state index contributed by atoms with van der Waals surface area (Å²) in [4.78, 5) is 12.9. The number of carbonyl (C=O) groups is 1. The van der Waals surface area contributed by atoms with Gasteiger partial charge in [-0.25, -0.2) is 0 Å². The summed E-state index contributed by atoms with van der Waals surface area (Å²) in [5.41, 5.74) is 0. The Labute approximate surface area is 444 Å². The Morgan fingerprint density at radius 2 is 0.806 bits per heavy atom. The van der Waals surface area contributed by atoms with Crippen LogP contribution in [0.4, 0.5) is 0 Å². The predicted molar refractivity (Wildman–Crippen MR) is 302 cm³/mol. The Morgan fingerprint density at radius 3 is 1.21 bits per heavy atom. The first kappa shape index (κ1) is 68.4. The number of rotatable bonds is 55. The zero-order chi connectivity index (χ0) is 52.1. The summed E-state index contributed by atoms with van der Waals surface area (Å²) in [6.45, 7) is 4.60. The van der Waals surface area contributed by atoms with Gasteiger partial charge in [-0.1, -0.05) is 256 Å². The molecule has 0 aromatic rings. The van der Waals surface area contributed by atoms with E-state index >= 15 is 0 Å². The summed E-state index contributed by atoms with van der Waals surface area (Å²) in [6.07, 6.45) is 62.0. The monoisotopic (exact) mass is 1020 g/mol. The van der Waals surface area contributed by atoms with Gasteiger partial charge < -0.3 is 39.4 Å². The van der Waals surface area contributed by atoms with Crippen molar-refractivity contribution in [3.8, 4) is 0 Å². The number of aliphatic hydroxyl groups is 4. The van der Waals surface area contributed by atoms with Gasteiger partial charge in [-0.2, -0.15) is 0 Å². The van der Waals surface area contributed by atoms with E-state index in [1.807, 2.05) is 0 Å². The molecule has 424 valence electrons. The fourth-order valence-corrected chi connectivity index (χ4v) is 9.70. The summed E-state index contributed by atoms with van der Waals surface area (Å²) in [5, 5.41) is 40.4. The van der Waals surface area contributed by atoms with Crippen molar-refractivity contribution in [1.82, 2.24) is 0 Å². The van der Waals surface area contributed by atoms with Gasteiger partial charge in [0.25, 0.3) is 0 Å². The predicted octanol–water partition coefficient (Wildman–Crippen LogP) is 16.6. The van der Waals surface area contributed by atoms with E-state index in [-0.39, 0.29) is 19.2 Å². The molecule has 1 aliphatic rings. The molecule has 1 aliphatic heterocycles. The van der Waals surface area contributed by atoms with Crippen LogP contribution in [0.25, 0.3) is 0 Å². The average Bonchev–Trinajstić information content (AvgIpc) is 3.38. The number of ether oxygens (including phenoxy) is 4. The molecular formula is C63H118O9. The number of aliphatic hydroxyl groups excluding tert-OH is 4. The molecule has 6 atom stereocenters. The van der Waals surface area contributed by atoms with E-state index in [1.54, 1.807) is 0 Å². The van der Waals surface area contributed by atoms with Crippen LogP contribution in [0.1, 0.15) is 296 Å². The Hall–Kier alpha value is -1.59. The molecule has 6 unspecified atom stereocenters. The average molecular weight is 1020 g/mol. The first-order valence-electron chi connectivity index (χ1n) is 31.1. The Bertz CT molecular complexity index is 1210. The quantitative estimate of drug-likeness (QED) is 0.0267. The highest BCUT2D eigenvalue weighted by Crippen LogP contribution is 2.23. The maximum atomic E-state index is 12.9. The van der Waals surface area contributed by atoms with Crippen molar-refractivity contribution < 1.29 is 44.2 Å². The number of esters is 1. The van der Waals surface area contributed by atoms with Gasteiger partial charge in [0.2, 0.25) is 0 Å².